The first-order chi connectivity index (χ1) is 13.2. The first-order valence-corrected chi connectivity index (χ1v) is 10.9. The number of halogens is 1. The molecule has 1 aromatic carbocycles. The molecule has 146 valence electrons. The lowest BCUT2D eigenvalue weighted by Crippen LogP contribution is -2.44. The Bertz CT molecular complexity index is 728. The van der Waals surface area contributed by atoms with Crippen LogP contribution in [0.5, 0.6) is 0 Å². The first kappa shape index (κ1) is 20.1. The molecule has 1 amide bonds. The van der Waals surface area contributed by atoms with Crippen LogP contribution in [0.4, 0.5) is 0 Å². The number of thioether (sulfide) groups is 1. The molecule has 1 N–H and O–H groups in total. The van der Waals surface area contributed by atoms with Crippen molar-refractivity contribution < 1.29 is 4.79 Å². The summed E-state index contributed by atoms with van der Waals surface area (Å²) >= 11 is 7.85. The number of benzene rings is 1. The smallest absolute Gasteiger partial charge is 0.237 e. The molecule has 1 aromatic heterocycles. The van der Waals surface area contributed by atoms with Gasteiger partial charge in [-0.15, -0.1) is 5.10 Å². The van der Waals surface area contributed by atoms with Gasteiger partial charge in [0.1, 0.15) is 6.33 Å². The van der Waals surface area contributed by atoms with Crippen molar-refractivity contribution in [2.24, 2.45) is 0 Å². The summed E-state index contributed by atoms with van der Waals surface area (Å²) < 4.78 is 1.76. The van der Waals surface area contributed by atoms with E-state index >= 15 is 0 Å². The molecule has 2 heterocycles. The molecular weight excluding hydrogens is 384 g/mol. The summed E-state index contributed by atoms with van der Waals surface area (Å²) in [5, 5.41) is 15.3. The van der Waals surface area contributed by atoms with Gasteiger partial charge in [-0.25, -0.2) is 4.68 Å². The fraction of sp³-hybridized carbons (Fsp3) is 0.556. The van der Waals surface area contributed by atoms with E-state index in [1.54, 1.807) is 11.0 Å². The van der Waals surface area contributed by atoms with Gasteiger partial charge in [-0.05, 0) is 65.9 Å². The Hall–Kier alpha value is -1.64. The lowest BCUT2D eigenvalue weighted by atomic mass is 10.1. The molecule has 9 heteroatoms. The molecule has 0 radical (unpaired) electrons. The molecule has 1 aliphatic rings. The Kier molecular flexibility index (Phi) is 7.49. The van der Waals surface area contributed by atoms with E-state index in [0.717, 1.165) is 48.7 Å². The van der Waals surface area contributed by atoms with Crippen molar-refractivity contribution in [2.45, 2.75) is 31.3 Å². The normalized spacial score (nSPS) is 20.1. The molecule has 1 fully saturated rings. The summed E-state index contributed by atoms with van der Waals surface area (Å²) in [5.41, 5.74) is 1.12. The first-order valence-electron chi connectivity index (χ1n) is 9.15. The number of nitrogens with zero attached hydrogens (tertiary/aromatic N) is 5. The molecule has 3 rings (SSSR count). The predicted octanol–water partition coefficient (Wildman–Crippen LogP) is 2.05. The Labute approximate surface area is 168 Å². The molecule has 0 bridgehead atoms. The molecule has 7 nitrogen and oxygen atoms in total. The number of nitrogens with one attached hydrogen (secondary N) is 1. The number of tetrazole rings is 1. The van der Waals surface area contributed by atoms with Crippen LogP contribution in [-0.4, -0.2) is 68.7 Å². The largest absolute Gasteiger partial charge is 0.354 e. The van der Waals surface area contributed by atoms with Crippen molar-refractivity contribution in [3.63, 3.8) is 0 Å². The average Bonchev–Trinajstić information content (AvgIpc) is 3.32. The van der Waals surface area contributed by atoms with E-state index < -0.39 is 0 Å². The standard InChI is InChI=1S/C18H25ClN6OS/c1-27-9-3-8-24-12-16(25-13-21-22-23-25)11-17(24)18(26)20-7-6-14-4-2-5-15(19)10-14/h2,4-5,10,13,16-17H,3,6-9,11-12H2,1H3,(H,20,26)/t16-,17+/m1/s1. The van der Waals surface area contributed by atoms with Crippen LogP contribution in [0.2, 0.25) is 5.02 Å². The minimum atomic E-state index is -0.139. The lowest BCUT2D eigenvalue weighted by Gasteiger charge is -2.23. The molecule has 1 saturated heterocycles. The lowest BCUT2D eigenvalue weighted by molar-refractivity contribution is -0.125. The van der Waals surface area contributed by atoms with Crippen molar-refractivity contribution in [3.8, 4) is 0 Å². The molecule has 0 aliphatic carbocycles. The van der Waals surface area contributed by atoms with Crippen molar-refractivity contribution in [1.29, 1.82) is 0 Å². The number of carbonyl (C=O) groups is 1. The Balaban J connectivity index is 1.55. The van der Waals surface area contributed by atoms with Crippen LogP contribution in [-0.2, 0) is 11.2 Å². The van der Waals surface area contributed by atoms with Crippen molar-refractivity contribution in [2.75, 3.05) is 31.6 Å². The van der Waals surface area contributed by atoms with E-state index in [-0.39, 0.29) is 18.0 Å². The van der Waals surface area contributed by atoms with E-state index in [1.807, 2.05) is 36.0 Å². The maximum Gasteiger partial charge on any atom is 0.237 e. The monoisotopic (exact) mass is 408 g/mol. The highest BCUT2D eigenvalue weighted by Crippen LogP contribution is 2.27. The van der Waals surface area contributed by atoms with Gasteiger partial charge in [0.2, 0.25) is 5.91 Å². The van der Waals surface area contributed by atoms with E-state index in [9.17, 15) is 4.79 Å². The van der Waals surface area contributed by atoms with Crippen LogP contribution in [0.25, 0.3) is 0 Å². The van der Waals surface area contributed by atoms with Gasteiger partial charge >= 0.3 is 0 Å². The number of carbonyl (C=O) groups excluding carboxylic acids is 1. The molecule has 1 aliphatic heterocycles. The van der Waals surface area contributed by atoms with Gasteiger partial charge in [-0.3, -0.25) is 9.69 Å². The van der Waals surface area contributed by atoms with Crippen LogP contribution in [0.15, 0.2) is 30.6 Å². The van der Waals surface area contributed by atoms with E-state index in [2.05, 4.69) is 32.0 Å². The third-order valence-electron chi connectivity index (χ3n) is 4.82. The van der Waals surface area contributed by atoms with Crippen LogP contribution in [0.1, 0.15) is 24.4 Å². The second-order valence-corrected chi connectivity index (χ2v) is 8.13. The number of hydrogen-bond acceptors (Lipinski definition) is 6. The second-order valence-electron chi connectivity index (χ2n) is 6.71. The van der Waals surface area contributed by atoms with Crippen LogP contribution in [0, 0.1) is 0 Å². The Morgan fingerprint density at radius 1 is 1.44 bits per heavy atom. The summed E-state index contributed by atoms with van der Waals surface area (Å²) in [7, 11) is 0. The fourth-order valence-electron chi connectivity index (χ4n) is 3.48. The summed E-state index contributed by atoms with van der Waals surface area (Å²) in [6.45, 7) is 2.31. The highest BCUT2D eigenvalue weighted by atomic mass is 35.5. The molecule has 0 unspecified atom stereocenters. The fourth-order valence-corrected chi connectivity index (χ4v) is 4.11. The van der Waals surface area contributed by atoms with Gasteiger partial charge in [-0.2, -0.15) is 11.8 Å². The average molecular weight is 409 g/mol. The third-order valence-corrected chi connectivity index (χ3v) is 5.75. The predicted molar refractivity (Wildman–Crippen MR) is 108 cm³/mol. The quantitative estimate of drug-likeness (QED) is 0.640. The second kappa shape index (κ2) is 10.1. The Morgan fingerprint density at radius 2 is 2.33 bits per heavy atom. The summed E-state index contributed by atoms with van der Waals surface area (Å²) in [6, 6.07) is 7.74. The van der Waals surface area contributed by atoms with E-state index in [0.29, 0.717) is 6.54 Å². The SMILES string of the molecule is CSCCCN1C[C@H](n2cnnn2)C[C@H]1C(=O)NCCc1cccc(Cl)c1. The van der Waals surface area contributed by atoms with Crippen LogP contribution < -0.4 is 5.32 Å². The van der Waals surface area contributed by atoms with Gasteiger partial charge in [0.05, 0.1) is 12.1 Å². The minimum absolute atomic E-state index is 0.0803. The van der Waals surface area contributed by atoms with Gasteiger partial charge in [0, 0.05) is 18.1 Å². The number of amides is 1. The summed E-state index contributed by atoms with van der Waals surface area (Å²) in [4.78, 5) is 15.1. The Morgan fingerprint density at radius 3 is 3.07 bits per heavy atom. The highest BCUT2D eigenvalue weighted by molar-refractivity contribution is 7.98. The summed E-state index contributed by atoms with van der Waals surface area (Å²) in [6.07, 6.45) is 6.29. The zero-order chi connectivity index (χ0) is 19.1. The zero-order valence-corrected chi connectivity index (χ0v) is 17.0. The van der Waals surface area contributed by atoms with E-state index in [4.69, 9.17) is 11.6 Å². The van der Waals surface area contributed by atoms with Crippen molar-refractivity contribution in [1.82, 2.24) is 30.4 Å². The number of hydrogen-bond donors (Lipinski definition) is 1. The van der Waals surface area contributed by atoms with Gasteiger partial charge < -0.3 is 5.32 Å². The molecule has 2 atom stereocenters. The van der Waals surface area contributed by atoms with Crippen LogP contribution in [0.3, 0.4) is 0 Å². The molecule has 2 aromatic rings. The minimum Gasteiger partial charge on any atom is -0.354 e. The van der Waals surface area contributed by atoms with Crippen LogP contribution >= 0.6 is 23.4 Å². The maximum atomic E-state index is 12.8. The molecule has 27 heavy (non-hydrogen) atoms. The van der Waals surface area contributed by atoms with Crippen molar-refractivity contribution >= 4 is 29.3 Å². The number of rotatable bonds is 9. The number of aromatic nitrogens is 4. The number of likely N-dealkylation sites (tertiary alicyclic amines) is 1. The van der Waals surface area contributed by atoms with Gasteiger partial charge in [0.15, 0.2) is 0 Å². The van der Waals surface area contributed by atoms with Gasteiger partial charge in [0.25, 0.3) is 0 Å². The molecular formula is C18H25ClN6OS. The highest BCUT2D eigenvalue weighted by Gasteiger charge is 2.37. The topological polar surface area (TPSA) is 75.9 Å². The van der Waals surface area contributed by atoms with Crippen molar-refractivity contribution in [3.05, 3.63) is 41.2 Å². The molecule has 0 spiro atoms. The zero-order valence-electron chi connectivity index (χ0n) is 15.4. The van der Waals surface area contributed by atoms with Gasteiger partial charge in [-0.1, -0.05) is 23.7 Å². The molecule has 0 saturated carbocycles. The summed E-state index contributed by atoms with van der Waals surface area (Å²) in [5.74, 6) is 1.17. The third kappa shape index (κ3) is 5.67. The van der Waals surface area contributed by atoms with E-state index in [1.165, 1.54) is 0 Å². The maximum absolute atomic E-state index is 12.8.